The van der Waals surface area contributed by atoms with E-state index < -0.39 is 23.4 Å². The Hall–Kier alpha value is -2.94. The van der Waals surface area contributed by atoms with E-state index in [2.05, 4.69) is 16.3 Å². The van der Waals surface area contributed by atoms with Crippen molar-refractivity contribution in [2.45, 2.75) is 25.7 Å². The highest BCUT2D eigenvalue weighted by atomic mass is 32.1. The van der Waals surface area contributed by atoms with Crippen LogP contribution in [-0.4, -0.2) is 30.8 Å². The minimum atomic E-state index is -0.936. The van der Waals surface area contributed by atoms with Crippen molar-refractivity contribution < 1.29 is 18.3 Å². The van der Waals surface area contributed by atoms with Crippen LogP contribution in [-0.2, 0) is 4.74 Å². The van der Waals surface area contributed by atoms with Crippen LogP contribution < -0.4 is 16.0 Å². The average molecular weight is 447 g/mol. The Kier molecular flexibility index (Phi) is 6.50. The Morgan fingerprint density at radius 2 is 1.94 bits per heavy atom. The van der Waals surface area contributed by atoms with Gasteiger partial charge in [-0.3, -0.25) is 5.32 Å². The fraction of sp³-hybridized carbons (Fsp3) is 0.364. The number of thiazole rings is 1. The molecule has 1 aliphatic rings. The van der Waals surface area contributed by atoms with Gasteiger partial charge in [0.25, 0.3) is 0 Å². The van der Waals surface area contributed by atoms with Crippen molar-refractivity contribution in [3.8, 4) is 0 Å². The van der Waals surface area contributed by atoms with Gasteiger partial charge in [0, 0.05) is 18.8 Å². The number of aromatic nitrogens is 1. The number of carbonyl (C=O) groups excluding carboxylic acids is 1. The number of para-hydroxylation sites is 1. The van der Waals surface area contributed by atoms with Crippen LogP contribution in [0.3, 0.4) is 0 Å². The predicted molar refractivity (Wildman–Crippen MR) is 120 cm³/mol. The van der Waals surface area contributed by atoms with Crippen LogP contribution in [0.25, 0.3) is 10.2 Å². The molecule has 0 spiro atoms. The Labute approximate surface area is 183 Å². The molecule has 0 unspecified atom stereocenters. The fourth-order valence-corrected chi connectivity index (χ4v) is 4.81. The molecule has 1 fully saturated rings. The summed E-state index contributed by atoms with van der Waals surface area (Å²) in [6.07, 6.45) is 2.87. The van der Waals surface area contributed by atoms with Crippen molar-refractivity contribution in [1.29, 1.82) is 0 Å². The van der Waals surface area contributed by atoms with Gasteiger partial charge in [0.2, 0.25) is 0 Å². The number of ether oxygens (including phenoxy) is 1. The second-order valence-corrected chi connectivity index (χ2v) is 8.67. The Morgan fingerprint density at radius 3 is 2.65 bits per heavy atom. The molecule has 3 N–H and O–H groups in total. The topological polar surface area (TPSA) is 80.5 Å². The molecule has 0 atom stereocenters. The number of piperidine rings is 1. The van der Waals surface area contributed by atoms with E-state index in [0.29, 0.717) is 12.3 Å². The van der Waals surface area contributed by atoms with Gasteiger partial charge in [0.1, 0.15) is 5.69 Å². The molecule has 1 aromatic heterocycles. The summed E-state index contributed by atoms with van der Waals surface area (Å²) in [5.41, 5.74) is 5.79. The molecule has 2 aromatic carbocycles. The maximum atomic E-state index is 13.7. The van der Waals surface area contributed by atoms with Gasteiger partial charge >= 0.3 is 6.09 Å². The van der Waals surface area contributed by atoms with Crippen LogP contribution in [0.5, 0.6) is 0 Å². The van der Waals surface area contributed by atoms with E-state index in [0.717, 1.165) is 55.1 Å². The number of rotatable bonds is 6. The van der Waals surface area contributed by atoms with Gasteiger partial charge in [-0.1, -0.05) is 23.5 Å². The van der Waals surface area contributed by atoms with E-state index in [1.165, 1.54) is 4.70 Å². The normalized spacial score (nSPS) is 14.7. The van der Waals surface area contributed by atoms with Crippen LogP contribution >= 0.6 is 11.3 Å². The Balaban J connectivity index is 1.17. The first-order valence-corrected chi connectivity index (χ1v) is 11.1. The summed E-state index contributed by atoms with van der Waals surface area (Å²) in [5.74, 6) is -1.31. The number of hydrogen-bond donors (Lipinski definition) is 2. The van der Waals surface area contributed by atoms with Gasteiger partial charge < -0.3 is 15.4 Å². The fourth-order valence-electron chi connectivity index (χ4n) is 3.80. The summed E-state index contributed by atoms with van der Waals surface area (Å²) in [6, 6.07) is 10.0. The lowest BCUT2D eigenvalue weighted by Gasteiger charge is -2.31. The summed E-state index contributed by atoms with van der Waals surface area (Å²) < 4.78 is 33.7. The average Bonchev–Trinajstić information content (AvgIpc) is 3.18. The number of nitrogens with zero attached hydrogens (tertiary/aromatic N) is 2. The Bertz CT molecular complexity index is 1010. The molecular formula is C22H24F2N4O2S. The molecule has 9 heteroatoms. The molecular weight excluding hydrogens is 422 g/mol. The highest BCUT2D eigenvalue weighted by Gasteiger charge is 2.21. The van der Waals surface area contributed by atoms with Crippen molar-refractivity contribution in [2.24, 2.45) is 5.92 Å². The van der Waals surface area contributed by atoms with Gasteiger partial charge in [0.15, 0.2) is 16.8 Å². The number of carbonyl (C=O) groups is 1. The van der Waals surface area contributed by atoms with Crippen LogP contribution in [0.1, 0.15) is 25.7 Å². The van der Waals surface area contributed by atoms with Gasteiger partial charge in [-0.15, -0.1) is 0 Å². The van der Waals surface area contributed by atoms with E-state index in [9.17, 15) is 13.6 Å². The third kappa shape index (κ3) is 5.22. The van der Waals surface area contributed by atoms with Crippen molar-refractivity contribution in [2.75, 3.05) is 35.6 Å². The molecule has 4 rings (SSSR count). The first kappa shape index (κ1) is 21.3. The second kappa shape index (κ2) is 9.47. The van der Waals surface area contributed by atoms with E-state index >= 15 is 0 Å². The molecule has 0 saturated carbocycles. The molecule has 3 aromatic rings. The zero-order valence-electron chi connectivity index (χ0n) is 16.9. The van der Waals surface area contributed by atoms with E-state index in [1.54, 1.807) is 11.3 Å². The number of anilines is 3. The molecule has 31 heavy (non-hydrogen) atoms. The van der Waals surface area contributed by atoms with Crippen molar-refractivity contribution >= 4 is 44.2 Å². The number of hydrogen-bond acceptors (Lipinski definition) is 6. The van der Waals surface area contributed by atoms with Crippen molar-refractivity contribution in [1.82, 2.24) is 4.98 Å². The van der Waals surface area contributed by atoms with Crippen LogP contribution in [0.15, 0.2) is 36.4 Å². The first-order chi connectivity index (χ1) is 15.0. The summed E-state index contributed by atoms with van der Waals surface area (Å²) >= 11 is 1.72. The number of nitrogen functional groups attached to an aromatic ring is 1. The van der Waals surface area contributed by atoms with Gasteiger partial charge in [-0.2, -0.15) is 0 Å². The number of nitrogens with two attached hydrogens (primary N) is 1. The molecule has 1 saturated heterocycles. The minimum absolute atomic E-state index is 0.0527. The van der Waals surface area contributed by atoms with Crippen molar-refractivity contribution in [3.05, 3.63) is 48.0 Å². The first-order valence-electron chi connectivity index (χ1n) is 10.3. The van der Waals surface area contributed by atoms with Crippen LogP contribution in [0.2, 0.25) is 0 Å². The SMILES string of the molecule is Nc1cc(F)c(NC(=O)OCCCC2CCN(c3nc4ccccc4s3)CC2)c(F)c1. The second-order valence-electron chi connectivity index (χ2n) is 7.66. The molecule has 2 heterocycles. The maximum absolute atomic E-state index is 13.7. The number of halogens is 2. The summed E-state index contributed by atoms with van der Waals surface area (Å²) in [5, 5.41) is 3.17. The number of amides is 1. The minimum Gasteiger partial charge on any atom is -0.449 e. The van der Waals surface area contributed by atoms with Crippen LogP contribution in [0.4, 0.5) is 30.1 Å². The van der Waals surface area contributed by atoms with Crippen LogP contribution in [0, 0.1) is 17.6 Å². The third-order valence-electron chi connectivity index (χ3n) is 5.45. The summed E-state index contributed by atoms with van der Waals surface area (Å²) in [4.78, 5) is 18.9. The van der Waals surface area contributed by atoms with E-state index in [-0.39, 0.29) is 12.3 Å². The van der Waals surface area contributed by atoms with Gasteiger partial charge in [0.05, 0.1) is 16.8 Å². The largest absolute Gasteiger partial charge is 0.449 e. The molecule has 1 aliphatic heterocycles. The molecule has 1 amide bonds. The third-order valence-corrected chi connectivity index (χ3v) is 6.55. The van der Waals surface area contributed by atoms with Crippen molar-refractivity contribution in [3.63, 3.8) is 0 Å². The summed E-state index contributed by atoms with van der Waals surface area (Å²) in [6.45, 7) is 2.12. The monoisotopic (exact) mass is 446 g/mol. The van der Waals surface area contributed by atoms with Gasteiger partial charge in [-0.25, -0.2) is 18.6 Å². The number of fused-ring (bicyclic) bond motifs is 1. The lowest BCUT2D eigenvalue weighted by Crippen LogP contribution is -2.33. The molecule has 164 valence electrons. The molecule has 0 aliphatic carbocycles. The zero-order valence-corrected chi connectivity index (χ0v) is 17.8. The quantitative estimate of drug-likeness (QED) is 0.391. The molecule has 6 nitrogen and oxygen atoms in total. The summed E-state index contributed by atoms with van der Waals surface area (Å²) in [7, 11) is 0. The number of nitrogens with one attached hydrogen (secondary N) is 1. The zero-order chi connectivity index (χ0) is 21.8. The smallest absolute Gasteiger partial charge is 0.411 e. The predicted octanol–water partition coefficient (Wildman–Crippen LogP) is 5.40. The Morgan fingerprint density at radius 1 is 1.23 bits per heavy atom. The highest BCUT2D eigenvalue weighted by Crippen LogP contribution is 2.32. The molecule has 0 radical (unpaired) electrons. The van der Waals surface area contributed by atoms with Gasteiger partial charge in [-0.05, 0) is 55.9 Å². The van der Waals surface area contributed by atoms with E-state index in [1.807, 2.05) is 18.2 Å². The molecule has 0 bridgehead atoms. The lowest BCUT2D eigenvalue weighted by atomic mass is 9.92. The maximum Gasteiger partial charge on any atom is 0.411 e. The standard InChI is InChI=1S/C22H24F2N4O2S/c23-16-12-15(25)13-17(24)20(16)27-22(29)30-11-3-4-14-7-9-28(10-8-14)21-26-18-5-1-2-6-19(18)31-21/h1-2,5-6,12-14H,3-4,7-11,25H2,(H,27,29). The lowest BCUT2D eigenvalue weighted by molar-refractivity contribution is 0.156. The number of benzene rings is 2. The highest BCUT2D eigenvalue weighted by molar-refractivity contribution is 7.22. The van der Waals surface area contributed by atoms with E-state index in [4.69, 9.17) is 15.5 Å².